The number of hydrogen-bond acceptors (Lipinski definition) is 7. The molecule has 0 N–H and O–H groups in total. The molecule has 28 heavy (non-hydrogen) atoms. The van der Waals surface area contributed by atoms with E-state index in [9.17, 15) is 19.7 Å². The first-order chi connectivity index (χ1) is 13.3. The van der Waals surface area contributed by atoms with Crippen LogP contribution in [0.3, 0.4) is 0 Å². The third-order valence-corrected chi connectivity index (χ3v) is 5.56. The number of fused-ring (bicyclic) bond motifs is 1. The Kier molecular flexibility index (Phi) is 5.53. The van der Waals surface area contributed by atoms with Gasteiger partial charge in [0.2, 0.25) is 0 Å². The fourth-order valence-corrected chi connectivity index (χ4v) is 3.80. The average molecular weight is 417 g/mol. The molecule has 9 heteroatoms. The van der Waals surface area contributed by atoms with Gasteiger partial charge in [-0.05, 0) is 36.3 Å². The quantitative estimate of drug-likeness (QED) is 0.194. The third kappa shape index (κ3) is 3.78. The van der Waals surface area contributed by atoms with Crippen LogP contribution in [0.4, 0.5) is 5.69 Å². The molecule has 7 nitrogen and oxygen atoms in total. The summed E-state index contributed by atoms with van der Waals surface area (Å²) in [6, 6.07) is 5.93. The Hall–Kier alpha value is -3.10. The van der Waals surface area contributed by atoms with Crippen molar-refractivity contribution in [2.75, 3.05) is 7.11 Å². The molecule has 2 heterocycles. The van der Waals surface area contributed by atoms with E-state index in [0.717, 1.165) is 0 Å². The molecule has 0 amide bonds. The highest BCUT2D eigenvalue weighted by Crippen LogP contribution is 2.30. The number of nitrogens with zero attached hydrogens (tertiary/aromatic N) is 2. The number of aromatic nitrogens is 1. The van der Waals surface area contributed by atoms with E-state index in [2.05, 4.69) is 4.98 Å². The maximum atomic E-state index is 12.5. The molecule has 142 valence electrons. The number of hydrogen-bond donors (Lipinski definition) is 0. The highest BCUT2D eigenvalue weighted by molar-refractivity contribution is 7.20. The van der Waals surface area contributed by atoms with Gasteiger partial charge in [-0.2, -0.15) is 0 Å². The van der Waals surface area contributed by atoms with Crippen LogP contribution in [0.15, 0.2) is 36.5 Å². The molecule has 0 aliphatic carbocycles. The van der Waals surface area contributed by atoms with Crippen LogP contribution < -0.4 is 0 Å². The van der Waals surface area contributed by atoms with Crippen molar-refractivity contribution in [3.05, 3.63) is 73.2 Å². The molecule has 0 saturated carbocycles. The lowest BCUT2D eigenvalue weighted by Gasteiger charge is -1.99. The zero-order valence-corrected chi connectivity index (χ0v) is 16.3. The molecule has 3 rings (SSSR count). The number of nitro benzene ring substituents is 1. The summed E-state index contributed by atoms with van der Waals surface area (Å²) < 4.78 is 4.75. The highest BCUT2D eigenvalue weighted by atomic mass is 35.5. The number of ketones is 1. The SMILES string of the molecule is COC(=O)c1sc2ncc(C(=O)/C=C/c3ccc(Cl)c([N+](=O)[O-])c3)cc2c1C. The number of halogens is 1. The molecule has 1 aromatic carbocycles. The fraction of sp³-hybridized carbons (Fsp3) is 0.105. The largest absolute Gasteiger partial charge is 0.465 e. The highest BCUT2D eigenvalue weighted by Gasteiger charge is 2.18. The summed E-state index contributed by atoms with van der Waals surface area (Å²) in [7, 11) is 1.31. The van der Waals surface area contributed by atoms with Crippen molar-refractivity contribution in [2.24, 2.45) is 0 Å². The maximum Gasteiger partial charge on any atom is 0.348 e. The lowest BCUT2D eigenvalue weighted by atomic mass is 10.1. The van der Waals surface area contributed by atoms with Gasteiger partial charge in [0.05, 0.1) is 12.0 Å². The number of carbonyl (C=O) groups excluding carboxylic acids is 2. The number of nitro groups is 1. The number of allylic oxidation sites excluding steroid dienone is 1. The fourth-order valence-electron chi connectivity index (χ4n) is 2.56. The molecule has 0 saturated heterocycles. The summed E-state index contributed by atoms with van der Waals surface area (Å²) in [4.78, 5) is 40.0. The molecule has 3 aromatic rings. The summed E-state index contributed by atoms with van der Waals surface area (Å²) in [6.07, 6.45) is 4.20. The van der Waals surface area contributed by atoms with Crippen LogP contribution in [-0.4, -0.2) is 28.8 Å². The van der Waals surface area contributed by atoms with Gasteiger partial charge in [-0.1, -0.05) is 23.7 Å². The van der Waals surface area contributed by atoms with Crippen molar-refractivity contribution in [2.45, 2.75) is 6.92 Å². The zero-order valence-electron chi connectivity index (χ0n) is 14.8. The predicted octanol–water partition coefficient (Wildman–Crippen LogP) is 4.85. The second kappa shape index (κ2) is 7.87. The van der Waals surface area contributed by atoms with E-state index in [0.29, 0.717) is 31.8 Å². The number of esters is 1. The van der Waals surface area contributed by atoms with E-state index < -0.39 is 10.9 Å². The molecular formula is C19H13ClN2O5S. The first-order valence-electron chi connectivity index (χ1n) is 7.95. The van der Waals surface area contributed by atoms with Gasteiger partial charge in [-0.25, -0.2) is 9.78 Å². The van der Waals surface area contributed by atoms with Gasteiger partial charge in [-0.15, -0.1) is 11.3 Å². The van der Waals surface area contributed by atoms with Crippen molar-refractivity contribution in [3.8, 4) is 0 Å². The number of thiophene rings is 1. The second-order valence-electron chi connectivity index (χ2n) is 5.79. The van der Waals surface area contributed by atoms with E-state index in [1.807, 2.05) is 0 Å². The first kappa shape index (κ1) is 19.7. The topological polar surface area (TPSA) is 99.4 Å². The van der Waals surface area contributed by atoms with Gasteiger partial charge in [0.25, 0.3) is 5.69 Å². The van der Waals surface area contributed by atoms with Crippen LogP contribution in [0.2, 0.25) is 5.02 Å². The molecular weight excluding hydrogens is 404 g/mol. The molecule has 0 aliphatic heterocycles. The Labute approximate surface area is 168 Å². The Bertz CT molecular complexity index is 1150. The van der Waals surface area contributed by atoms with Gasteiger partial charge in [0.15, 0.2) is 5.78 Å². The van der Waals surface area contributed by atoms with Crippen LogP contribution in [0.25, 0.3) is 16.3 Å². The van der Waals surface area contributed by atoms with Crippen molar-refractivity contribution in [1.82, 2.24) is 4.98 Å². The van der Waals surface area contributed by atoms with Crippen molar-refractivity contribution < 1.29 is 19.2 Å². The number of pyridine rings is 1. The molecule has 2 aromatic heterocycles. The Morgan fingerprint density at radius 3 is 2.75 bits per heavy atom. The van der Waals surface area contributed by atoms with E-state index in [1.165, 1.54) is 48.9 Å². The smallest absolute Gasteiger partial charge is 0.348 e. The van der Waals surface area contributed by atoms with Crippen molar-refractivity contribution >= 4 is 56.7 Å². The first-order valence-corrected chi connectivity index (χ1v) is 9.15. The van der Waals surface area contributed by atoms with Crippen LogP contribution in [-0.2, 0) is 4.74 Å². The molecule has 0 radical (unpaired) electrons. The van der Waals surface area contributed by atoms with Crippen LogP contribution in [0.5, 0.6) is 0 Å². The summed E-state index contributed by atoms with van der Waals surface area (Å²) in [5.74, 6) is -0.769. The number of carbonyl (C=O) groups is 2. The average Bonchev–Trinajstić information content (AvgIpc) is 3.02. The van der Waals surface area contributed by atoms with E-state index in [-0.39, 0.29) is 16.5 Å². The van der Waals surface area contributed by atoms with Crippen molar-refractivity contribution in [1.29, 1.82) is 0 Å². The van der Waals surface area contributed by atoms with E-state index in [4.69, 9.17) is 16.3 Å². The van der Waals surface area contributed by atoms with E-state index >= 15 is 0 Å². The monoisotopic (exact) mass is 416 g/mol. The number of rotatable bonds is 5. The number of ether oxygens (including phenoxy) is 1. The number of methoxy groups -OCH3 is 1. The molecule has 0 unspecified atom stereocenters. The van der Waals surface area contributed by atoms with Crippen LogP contribution in [0, 0.1) is 17.0 Å². The predicted molar refractivity (Wildman–Crippen MR) is 107 cm³/mol. The number of benzene rings is 1. The van der Waals surface area contributed by atoms with Gasteiger partial charge in [-0.3, -0.25) is 14.9 Å². The number of aryl methyl sites for hydroxylation is 1. The molecule has 0 spiro atoms. The third-order valence-electron chi connectivity index (χ3n) is 4.04. The Morgan fingerprint density at radius 2 is 2.07 bits per heavy atom. The molecule has 0 fully saturated rings. The normalized spacial score (nSPS) is 11.1. The summed E-state index contributed by atoms with van der Waals surface area (Å²) >= 11 is 6.98. The van der Waals surface area contributed by atoms with Crippen LogP contribution >= 0.6 is 22.9 Å². The molecule has 0 atom stereocenters. The summed E-state index contributed by atoms with van der Waals surface area (Å²) in [5, 5.41) is 11.7. The minimum absolute atomic E-state index is 0.0254. The van der Waals surface area contributed by atoms with Gasteiger partial charge in [0, 0.05) is 23.2 Å². The van der Waals surface area contributed by atoms with Gasteiger partial charge < -0.3 is 4.74 Å². The lowest BCUT2D eigenvalue weighted by molar-refractivity contribution is -0.384. The second-order valence-corrected chi connectivity index (χ2v) is 7.20. The maximum absolute atomic E-state index is 12.5. The minimum atomic E-state index is -0.586. The summed E-state index contributed by atoms with van der Waals surface area (Å²) in [5.41, 5.74) is 1.28. The van der Waals surface area contributed by atoms with Crippen molar-refractivity contribution in [3.63, 3.8) is 0 Å². The van der Waals surface area contributed by atoms with Gasteiger partial charge >= 0.3 is 5.97 Å². The minimum Gasteiger partial charge on any atom is -0.465 e. The van der Waals surface area contributed by atoms with Crippen LogP contribution in [0.1, 0.15) is 31.2 Å². The summed E-state index contributed by atoms with van der Waals surface area (Å²) in [6.45, 7) is 1.77. The van der Waals surface area contributed by atoms with E-state index in [1.54, 1.807) is 19.1 Å². The molecule has 0 bridgehead atoms. The van der Waals surface area contributed by atoms with Gasteiger partial charge in [0.1, 0.15) is 14.7 Å². The standard InChI is InChI=1S/C19H13ClN2O5S/c1-10-13-8-12(9-21-18(13)28-17(10)19(24)27-2)16(23)6-4-11-3-5-14(20)15(7-11)22(25)26/h3-9H,1-2H3/b6-4+. The Morgan fingerprint density at radius 1 is 1.32 bits per heavy atom. The molecule has 0 aliphatic rings. The zero-order chi connectivity index (χ0) is 20.4. The lowest BCUT2D eigenvalue weighted by Crippen LogP contribution is -1.99. The Balaban J connectivity index is 1.90.